The van der Waals surface area contributed by atoms with E-state index in [2.05, 4.69) is 16.6 Å². The summed E-state index contributed by atoms with van der Waals surface area (Å²) in [5.74, 6) is -0.118. The van der Waals surface area contributed by atoms with Gasteiger partial charge in [0, 0.05) is 23.7 Å². The van der Waals surface area contributed by atoms with Crippen LogP contribution in [-0.2, 0) is 4.79 Å². The number of anilines is 2. The Morgan fingerprint density at radius 1 is 1.03 bits per heavy atom. The molecule has 0 radical (unpaired) electrons. The monoisotopic (exact) mass is 460 g/mol. The number of nitrogens with zero attached hydrogens (tertiary/aromatic N) is 2. The van der Waals surface area contributed by atoms with Crippen LogP contribution in [0.3, 0.4) is 0 Å². The lowest BCUT2D eigenvalue weighted by atomic mass is 10.1. The third-order valence-electron chi connectivity index (χ3n) is 4.50. The average molecular weight is 461 g/mol. The number of aliphatic imine (C=N–C) groups is 1. The zero-order valence-corrected chi connectivity index (χ0v) is 19.2. The van der Waals surface area contributed by atoms with E-state index in [-0.39, 0.29) is 22.8 Å². The fourth-order valence-corrected chi connectivity index (χ4v) is 3.37. The maximum atomic E-state index is 13.2. The maximum absolute atomic E-state index is 13.2. The van der Waals surface area contributed by atoms with Gasteiger partial charge in [-0.1, -0.05) is 26.0 Å². The second-order valence-corrected chi connectivity index (χ2v) is 6.96. The molecule has 2 aromatic carbocycles. The number of rotatable bonds is 2. The molecule has 1 atom stereocenters. The SMILES string of the molecule is CC.CCl.O=C1C(=NC2=CCCC(Cl)C=C2)c2ccc(O)cc2N1c1ccc(O)cc1. The molecule has 0 bridgehead atoms. The first-order valence-corrected chi connectivity index (χ1v) is 11.2. The molecule has 1 unspecified atom stereocenters. The molecule has 2 aromatic rings. The molecule has 0 saturated heterocycles. The number of aromatic hydroxyl groups is 2. The second kappa shape index (κ2) is 11.6. The second-order valence-electron chi connectivity index (χ2n) is 6.40. The van der Waals surface area contributed by atoms with Crippen LogP contribution >= 0.6 is 23.2 Å². The Balaban J connectivity index is 0.000000807. The molecule has 164 valence electrons. The predicted molar refractivity (Wildman–Crippen MR) is 129 cm³/mol. The van der Waals surface area contributed by atoms with Gasteiger partial charge in [-0.2, -0.15) is 0 Å². The minimum absolute atomic E-state index is 0.0454. The zero-order chi connectivity index (χ0) is 23.0. The van der Waals surface area contributed by atoms with Gasteiger partial charge in [-0.25, -0.2) is 4.99 Å². The Labute approximate surface area is 193 Å². The standard InChI is InChI=1S/C21H17ClN2O3.C2H6.CH3Cl/c22-13-2-1-3-14(5-4-13)23-20-18-11-10-17(26)12-19(18)24(21(20)27)15-6-8-16(25)9-7-15;2*1-2/h3-13,25-26H,1-2H2;1-2H3;1H3. The Morgan fingerprint density at radius 3 is 2.35 bits per heavy atom. The molecule has 1 heterocycles. The average Bonchev–Trinajstić information content (AvgIpc) is 2.91. The highest BCUT2D eigenvalue weighted by atomic mass is 35.5. The van der Waals surface area contributed by atoms with Gasteiger partial charge in [0.15, 0.2) is 0 Å². The Bertz CT molecular complexity index is 998. The van der Waals surface area contributed by atoms with E-state index in [4.69, 9.17) is 11.6 Å². The highest BCUT2D eigenvalue weighted by Gasteiger charge is 2.35. The van der Waals surface area contributed by atoms with E-state index in [1.165, 1.54) is 35.5 Å². The first-order valence-electron chi connectivity index (χ1n) is 9.99. The highest BCUT2D eigenvalue weighted by molar-refractivity contribution is 6.56. The molecule has 4 rings (SSSR count). The maximum Gasteiger partial charge on any atom is 0.282 e. The summed E-state index contributed by atoms with van der Waals surface area (Å²) in [5, 5.41) is 19.4. The number of carbonyl (C=O) groups excluding carboxylic acids is 1. The van der Waals surface area contributed by atoms with Crippen LogP contribution in [-0.4, -0.2) is 33.6 Å². The van der Waals surface area contributed by atoms with Crippen molar-refractivity contribution in [2.75, 3.05) is 11.3 Å². The molecular weight excluding hydrogens is 435 g/mol. The van der Waals surface area contributed by atoms with Crippen LogP contribution in [0.1, 0.15) is 32.3 Å². The summed E-state index contributed by atoms with van der Waals surface area (Å²) < 4.78 is 0. The minimum Gasteiger partial charge on any atom is -0.508 e. The topological polar surface area (TPSA) is 73.1 Å². The molecule has 7 heteroatoms. The van der Waals surface area contributed by atoms with E-state index in [9.17, 15) is 15.0 Å². The zero-order valence-electron chi connectivity index (χ0n) is 17.7. The minimum atomic E-state index is -0.290. The normalized spacial score (nSPS) is 18.3. The number of fused-ring (bicyclic) bond motifs is 1. The molecule has 0 saturated carbocycles. The molecule has 0 fully saturated rings. The summed E-state index contributed by atoms with van der Waals surface area (Å²) in [7, 11) is 0. The fourth-order valence-electron chi connectivity index (χ4n) is 3.17. The number of benzene rings is 2. The molecule has 1 aliphatic heterocycles. The molecule has 31 heavy (non-hydrogen) atoms. The number of alkyl halides is 2. The molecule has 0 spiro atoms. The molecule has 1 amide bonds. The van der Waals surface area contributed by atoms with Gasteiger partial charge in [0.1, 0.15) is 17.2 Å². The Hall–Kier alpha value is -2.76. The van der Waals surface area contributed by atoms with Gasteiger partial charge in [-0.3, -0.25) is 9.69 Å². The summed E-state index contributed by atoms with van der Waals surface area (Å²) in [6.07, 6.45) is 8.74. The van der Waals surface area contributed by atoms with Gasteiger partial charge >= 0.3 is 0 Å². The number of hydrogen-bond donors (Lipinski definition) is 2. The first-order chi connectivity index (χ1) is 15.0. The van der Waals surface area contributed by atoms with E-state index >= 15 is 0 Å². The van der Waals surface area contributed by atoms with Gasteiger partial charge in [0.05, 0.1) is 16.8 Å². The van der Waals surface area contributed by atoms with Crippen LogP contribution < -0.4 is 4.90 Å². The van der Waals surface area contributed by atoms with Crippen molar-refractivity contribution in [3.8, 4) is 11.5 Å². The van der Waals surface area contributed by atoms with Crippen molar-refractivity contribution in [1.29, 1.82) is 0 Å². The molecule has 5 nitrogen and oxygen atoms in total. The van der Waals surface area contributed by atoms with Gasteiger partial charge in [0.25, 0.3) is 5.91 Å². The Kier molecular flexibility index (Phi) is 9.16. The number of halogens is 2. The summed E-state index contributed by atoms with van der Waals surface area (Å²) in [6, 6.07) is 11.1. The third-order valence-corrected chi connectivity index (χ3v) is 4.87. The van der Waals surface area contributed by atoms with Crippen molar-refractivity contribution in [3.63, 3.8) is 0 Å². The van der Waals surface area contributed by atoms with E-state index in [0.29, 0.717) is 28.3 Å². The van der Waals surface area contributed by atoms with Crippen LogP contribution in [0.5, 0.6) is 11.5 Å². The van der Waals surface area contributed by atoms with Crippen LogP contribution in [0.2, 0.25) is 0 Å². The van der Waals surface area contributed by atoms with Crippen molar-refractivity contribution in [3.05, 3.63) is 72.0 Å². The van der Waals surface area contributed by atoms with Crippen LogP contribution in [0, 0.1) is 0 Å². The number of amides is 1. The molecule has 2 aliphatic rings. The van der Waals surface area contributed by atoms with Crippen molar-refractivity contribution >= 4 is 46.2 Å². The summed E-state index contributed by atoms with van der Waals surface area (Å²) >= 11 is 10.8. The van der Waals surface area contributed by atoms with Gasteiger partial charge in [-0.15, -0.1) is 23.2 Å². The third kappa shape index (κ3) is 5.69. The molecule has 2 N–H and O–H groups in total. The molecular formula is C24H26Cl2N2O3. The van der Waals surface area contributed by atoms with Gasteiger partial charge in [0.2, 0.25) is 0 Å². The highest BCUT2D eigenvalue weighted by Crippen LogP contribution is 2.38. The smallest absolute Gasteiger partial charge is 0.282 e. The van der Waals surface area contributed by atoms with Crippen LogP contribution in [0.25, 0.3) is 0 Å². The summed E-state index contributed by atoms with van der Waals surface area (Å²) in [4.78, 5) is 19.2. The Morgan fingerprint density at radius 2 is 1.68 bits per heavy atom. The quantitative estimate of drug-likeness (QED) is 0.517. The van der Waals surface area contributed by atoms with E-state index in [1.807, 2.05) is 32.1 Å². The largest absolute Gasteiger partial charge is 0.508 e. The van der Waals surface area contributed by atoms with Crippen LogP contribution in [0.15, 0.2) is 71.4 Å². The summed E-state index contributed by atoms with van der Waals surface area (Å²) in [6.45, 7) is 4.00. The van der Waals surface area contributed by atoms with E-state index < -0.39 is 0 Å². The lowest BCUT2D eigenvalue weighted by Gasteiger charge is -2.17. The van der Waals surface area contributed by atoms with E-state index in [0.717, 1.165) is 12.8 Å². The van der Waals surface area contributed by atoms with Crippen molar-refractivity contribution in [1.82, 2.24) is 0 Å². The molecule has 1 aliphatic carbocycles. The number of hydrogen-bond acceptors (Lipinski definition) is 4. The van der Waals surface area contributed by atoms with Crippen molar-refractivity contribution in [2.24, 2.45) is 4.99 Å². The summed E-state index contributed by atoms with van der Waals surface area (Å²) in [5.41, 5.74) is 2.78. The molecule has 0 aromatic heterocycles. The van der Waals surface area contributed by atoms with Gasteiger partial charge in [-0.05, 0) is 55.3 Å². The fraction of sp³-hybridized carbons (Fsp3) is 0.250. The number of carbonyl (C=O) groups is 1. The number of phenolic OH excluding ortho intramolecular Hbond substituents is 2. The van der Waals surface area contributed by atoms with Crippen LogP contribution in [0.4, 0.5) is 11.4 Å². The van der Waals surface area contributed by atoms with Crippen molar-refractivity contribution < 1.29 is 15.0 Å². The first kappa shape index (κ1) is 24.5. The lowest BCUT2D eigenvalue weighted by Crippen LogP contribution is -2.25. The van der Waals surface area contributed by atoms with Gasteiger partial charge < -0.3 is 10.2 Å². The lowest BCUT2D eigenvalue weighted by molar-refractivity contribution is -0.111. The predicted octanol–water partition coefficient (Wildman–Crippen LogP) is 6.29. The van der Waals surface area contributed by atoms with Crippen molar-refractivity contribution in [2.45, 2.75) is 32.1 Å². The number of phenols is 2. The number of allylic oxidation sites excluding steroid dienone is 3. The van der Waals surface area contributed by atoms with E-state index in [1.54, 1.807) is 18.2 Å².